The van der Waals surface area contributed by atoms with Crippen molar-refractivity contribution < 1.29 is 23.9 Å². The fraction of sp³-hybridized carbons (Fsp3) is 0.350. The lowest BCUT2D eigenvalue weighted by Gasteiger charge is -2.26. The number of morpholine rings is 1. The van der Waals surface area contributed by atoms with E-state index in [9.17, 15) is 14.4 Å². The van der Waals surface area contributed by atoms with Gasteiger partial charge in [-0.1, -0.05) is 18.2 Å². The number of benzene rings is 1. The summed E-state index contributed by atoms with van der Waals surface area (Å²) in [5, 5.41) is 3.10. The molecule has 2 amide bonds. The molecule has 7 nitrogen and oxygen atoms in total. The van der Waals surface area contributed by atoms with Gasteiger partial charge in [-0.3, -0.25) is 9.59 Å². The Labute approximate surface area is 167 Å². The highest BCUT2D eigenvalue weighted by Crippen LogP contribution is 2.35. The number of nitrogens with one attached hydrogen (secondary N) is 1. The first-order valence-electron chi connectivity index (χ1n) is 8.89. The molecule has 0 radical (unpaired) electrons. The van der Waals surface area contributed by atoms with Crippen LogP contribution < -0.4 is 5.32 Å². The van der Waals surface area contributed by atoms with Gasteiger partial charge < -0.3 is 19.7 Å². The van der Waals surface area contributed by atoms with Crippen LogP contribution in [-0.4, -0.2) is 56.1 Å². The van der Waals surface area contributed by atoms with E-state index in [2.05, 4.69) is 5.32 Å². The second kappa shape index (κ2) is 8.53. The van der Waals surface area contributed by atoms with E-state index in [1.807, 2.05) is 19.1 Å². The van der Waals surface area contributed by atoms with Crippen LogP contribution in [0, 0.1) is 13.8 Å². The number of amides is 2. The van der Waals surface area contributed by atoms with E-state index in [0.29, 0.717) is 47.3 Å². The zero-order valence-electron chi connectivity index (χ0n) is 16.0. The summed E-state index contributed by atoms with van der Waals surface area (Å²) in [6.07, 6.45) is 0. The number of carbonyl (C=O) groups is 3. The summed E-state index contributed by atoms with van der Waals surface area (Å²) in [5.41, 5.74) is 2.04. The lowest BCUT2D eigenvalue weighted by atomic mass is 10.1. The number of rotatable bonds is 4. The van der Waals surface area contributed by atoms with E-state index in [0.717, 1.165) is 16.9 Å². The highest BCUT2D eigenvalue weighted by molar-refractivity contribution is 7.18. The first-order chi connectivity index (χ1) is 13.4. The van der Waals surface area contributed by atoms with Crippen molar-refractivity contribution in [2.24, 2.45) is 0 Å². The Hall–Kier alpha value is -2.71. The minimum absolute atomic E-state index is 0.174. The number of anilines is 1. The number of carbonyl (C=O) groups excluding carboxylic acids is 3. The maximum Gasteiger partial charge on any atom is 0.341 e. The maximum atomic E-state index is 12.9. The first-order valence-corrected chi connectivity index (χ1v) is 9.71. The monoisotopic (exact) mass is 402 g/mol. The number of nitrogens with zero attached hydrogens (tertiary/aromatic N) is 1. The van der Waals surface area contributed by atoms with Crippen molar-refractivity contribution in [3.05, 3.63) is 51.4 Å². The van der Waals surface area contributed by atoms with Gasteiger partial charge in [0.25, 0.3) is 11.8 Å². The molecule has 0 spiro atoms. The molecule has 0 unspecified atom stereocenters. The molecule has 0 aliphatic carbocycles. The number of hydrogen-bond acceptors (Lipinski definition) is 6. The van der Waals surface area contributed by atoms with E-state index in [4.69, 9.17) is 9.47 Å². The second-order valence-corrected chi connectivity index (χ2v) is 7.45. The zero-order valence-corrected chi connectivity index (χ0v) is 16.9. The third-order valence-corrected chi connectivity index (χ3v) is 5.84. The molecule has 0 saturated carbocycles. The van der Waals surface area contributed by atoms with E-state index in [1.54, 1.807) is 24.0 Å². The Kier molecular flexibility index (Phi) is 6.11. The molecule has 1 aliphatic heterocycles. The number of aryl methyl sites for hydroxylation is 1. The lowest BCUT2D eigenvalue weighted by Crippen LogP contribution is -2.40. The van der Waals surface area contributed by atoms with Crippen LogP contribution in [0.15, 0.2) is 24.3 Å². The molecule has 1 saturated heterocycles. The number of methoxy groups -OCH3 is 1. The van der Waals surface area contributed by atoms with Crippen LogP contribution in [-0.2, 0) is 9.47 Å². The molecular formula is C20H22N2O5S. The molecule has 28 heavy (non-hydrogen) atoms. The molecule has 1 N–H and O–H groups in total. The van der Waals surface area contributed by atoms with Gasteiger partial charge in [0.15, 0.2) is 0 Å². The summed E-state index contributed by atoms with van der Waals surface area (Å²) >= 11 is 1.10. The summed E-state index contributed by atoms with van der Waals surface area (Å²) in [7, 11) is 1.27. The Balaban J connectivity index is 1.95. The van der Waals surface area contributed by atoms with Crippen LogP contribution >= 0.6 is 11.3 Å². The van der Waals surface area contributed by atoms with Crippen LogP contribution in [0.1, 0.15) is 41.5 Å². The van der Waals surface area contributed by atoms with E-state index in [-0.39, 0.29) is 17.4 Å². The third kappa shape index (κ3) is 3.93. The van der Waals surface area contributed by atoms with Gasteiger partial charge in [0.05, 0.1) is 30.8 Å². The van der Waals surface area contributed by atoms with Crippen molar-refractivity contribution in [2.75, 3.05) is 38.7 Å². The quantitative estimate of drug-likeness (QED) is 0.795. The molecule has 1 aromatic carbocycles. The van der Waals surface area contributed by atoms with Crippen LogP contribution in [0.2, 0.25) is 0 Å². The average Bonchev–Trinajstić information content (AvgIpc) is 3.03. The maximum absolute atomic E-state index is 12.9. The summed E-state index contributed by atoms with van der Waals surface area (Å²) in [4.78, 5) is 40.1. The number of thiophene rings is 1. The molecule has 148 valence electrons. The number of ether oxygens (including phenoxy) is 2. The smallest absolute Gasteiger partial charge is 0.341 e. The largest absolute Gasteiger partial charge is 0.465 e. The van der Waals surface area contributed by atoms with Crippen LogP contribution in [0.5, 0.6) is 0 Å². The predicted molar refractivity (Wildman–Crippen MR) is 106 cm³/mol. The summed E-state index contributed by atoms with van der Waals surface area (Å²) in [5.74, 6) is -1.10. The normalized spacial score (nSPS) is 13.9. The minimum atomic E-state index is -0.588. The Bertz CT molecular complexity index is 915. The molecule has 1 fully saturated rings. The van der Waals surface area contributed by atoms with Gasteiger partial charge in [-0.25, -0.2) is 4.79 Å². The highest BCUT2D eigenvalue weighted by atomic mass is 32.1. The molecule has 2 heterocycles. The molecule has 3 rings (SSSR count). The van der Waals surface area contributed by atoms with Gasteiger partial charge in [-0.2, -0.15) is 0 Å². The third-order valence-electron chi connectivity index (χ3n) is 4.65. The Morgan fingerprint density at radius 2 is 1.82 bits per heavy atom. The van der Waals surface area contributed by atoms with Gasteiger partial charge >= 0.3 is 5.97 Å². The van der Waals surface area contributed by atoms with E-state index < -0.39 is 5.97 Å². The summed E-state index contributed by atoms with van der Waals surface area (Å²) in [6, 6.07) is 7.17. The van der Waals surface area contributed by atoms with Crippen molar-refractivity contribution in [2.45, 2.75) is 13.8 Å². The average molecular weight is 402 g/mol. The standard InChI is InChI=1S/C20H22N2O5S/c1-12-6-4-5-7-14(12)17(23)21-18-15(20(25)26-3)13(2)16(28-18)19(24)22-8-10-27-11-9-22/h4-7H,8-11H2,1-3H3,(H,21,23). The van der Waals surface area contributed by atoms with Crippen molar-refractivity contribution in [3.8, 4) is 0 Å². The fourth-order valence-electron chi connectivity index (χ4n) is 3.06. The predicted octanol–water partition coefficient (Wildman–Crippen LogP) is 2.88. The van der Waals surface area contributed by atoms with Crippen molar-refractivity contribution >= 4 is 34.1 Å². The van der Waals surface area contributed by atoms with Crippen LogP contribution in [0.25, 0.3) is 0 Å². The number of esters is 1. The van der Waals surface area contributed by atoms with E-state index in [1.165, 1.54) is 7.11 Å². The second-order valence-electron chi connectivity index (χ2n) is 6.43. The molecule has 0 atom stereocenters. The van der Waals surface area contributed by atoms with Gasteiger partial charge in [0.1, 0.15) is 5.00 Å². The van der Waals surface area contributed by atoms with Crippen LogP contribution in [0.4, 0.5) is 5.00 Å². The van der Waals surface area contributed by atoms with Crippen molar-refractivity contribution in [1.82, 2.24) is 4.90 Å². The molecule has 2 aromatic rings. The lowest BCUT2D eigenvalue weighted by molar-refractivity contribution is 0.0305. The summed E-state index contributed by atoms with van der Waals surface area (Å²) in [6.45, 7) is 5.49. The molecule has 1 aliphatic rings. The fourth-order valence-corrected chi connectivity index (χ4v) is 4.22. The van der Waals surface area contributed by atoms with Crippen molar-refractivity contribution in [1.29, 1.82) is 0 Å². The molecule has 1 aromatic heterocycles. The topological polar surface area (TPSA) is 84.9 Å². The molecule has 0 bridgehead atoms. The Morgan fingerprint density at radius 3 is 2.46 bits per heavy atom. The number of hydrogen-bond donors (Lipinski definition) is 1. The van der Waals surface area contributed by atoms with E-state index >= 15 is 0 Å². The van der Waals surface area contributed by atoms with Gasteiger partial charge in [-0.05, 0) is 31.0 Å². The zero-order chi connectivity index (χ0) is 20.3. The molecular weight excluding hydrogens is 380 g/mol. The molecule has 8 heteroatoms. The van der Waals surface area contributed by atoms with Crippen LogP contribution in [0.3, 0.4) is 0 Å². The minimum Gasteiger partial charge on any atom is -0.465 e. The SMILES string of the molecule is COC(=O)c1c(NC(=O)c2ccccc2C)sc(C(=O)N2CCOCC2)c1C. The van der Waals surface area contributed by atoms with Gasteiger partial charge in [0.2, 0.25) is 0 Å². The van der Waals surface area contributed by atoms with Crippen molar-refractivity contribution in [3.63, 3.8) is 0 Å². The van der Waals surface area contributed by atoms with Gasteiger partial charge in [0, 0.05) is 18.7 Å². The highest BCUT2D eigenvalue weighted by Gasteiger charge is 2.29. The van der Waals surface area contributed by atoms with Gasteiger partial charge in [-0.15, -0.1) is 11.3 Å². The Morgan fingerprint density at radius 1 is 1.14 bits per heavy atom. The first kappa shape index (κ1) is 20.0. The summed E-state index contributed by atoms with van der Waals surface area (Å²) < 4.78 is 10.2.